The van der Waals surface area contributed by atoms with Crippen molar-refractivity contribution in [3.05, 3.63) is 29.8 Å². The number of anilines is 1. The van der Waals surface area contributed by atoms with Gasteiger partial charge in [0.15, 0.2) is 0 Å². The van der Waals surface area contributed by atoms with E-state index < -0.39 is 0 Å². The Labute approximate surface area is 123 Å². The summed E-state index contributed by atoms with van der Waals surface area (Å²) in [5, 5.41) is 0. The number of rotatable bonds is 7. The minimum atomic E-state index is 0.206. The molecule has 0 radical (unpaired) electrons. The van der Waals surface area contributed by atoms with Gasteiger partial charge in [-0.25, -0.2) is 0 Å². The zero-order chi connectivity index (χ0) is 15.1. The van der Waals surface area contributed by atoms with E-state index in [1.165, 1.54) is 0 Å². The number of amides is 1. The Morgan fingerprint density at radius 2 is 1.90 bits per heavy atom. The van der Waals surface area contributed by atoms with Crippen LogP contribution in [-0.4, -0.2) is 23.4 Å². The maximum absolute atomic E-state index is 12.6. The van der Waals surface area contributed by atoms with E-state index in [2.05, 4.69) is 27.7 Å². The molecule has 1 aromatic carbocycles. The zero-order valence-electron chi connectivity index (χ0n) is 13.2. The summed E-state index contributed by atoms with van der Waals surface area (Å²) in [5.41, 5.74) is 7.49. The smallest absolute Gasteiger partial charge is 0.227 e. The van der Waals surface area contributed by atoms with Crippen LogP contribution in [0.25, 0.3) is 0 Å². The second-order valence-corrected chi connectivity index (χ2v) is 5.83. The van der Waals surface area contributed by atoms with Crippen LogP contribution in [0.2, 0.25) is 0 Å². The second kappa shape index (κ2) is 7.93. The summed E-state index contributed by atoms with van der Waals surface area (Å²) in [5.74, 6) is 0.693. The van der Waals surface area contributed by atoms with Gasteiger partial charge in [-0.3, -0.25) is 4.79 Å². The number of nitrogens with zero attached hydrogens (tertiary/aromatic N) is 1. The molecule has 0 heterocycles. The van der Waals surface area contributed by atoms with E-state index in [1.54, 1.807) is 0 Å². The van der Waals surface area contributed by atoms with Gasteiger partial charge in [0.1, 0.15) is 0 Å². The first-order chi connectivity index (χ1) is 9.47. The number of nitrogens with two attached hydrogens (primary N) is 1. The monoisotopic (exact) mass is 276 g/mol. The summed E-state index contributed by atoms with van der Waals surface area (Å²) >= 11 is 0. The molecule has 3 heteroatoms. The first-order valence-corrected chi connectivity index (χ1v) is 7.61. The van der Waals surface area contributed by atoms with Crippen molar-refractivity contribution in [2.45, 2.75) is 53.0 Å². The van der Waals surface area contributed by atoms with Crippen LogP contribution in [-0.2, 0) is 11.2 Å². The van der Waals surface area contributed by atoms with Crippen LogP contribution in [0.3, 0.4) is 0 Å². The third-order valence-electron chi connectivity index (χ3n) is 3.57. The average molecular weight is 276 g/mol. The molecular weight excluding hydrogens is 248 g/mol. The number of nitrogen functional groups attached to an aromatic ring is 1. The predicted molar refractivity (Wildman–Crippen MR) is 85.5 cm³/mol. The average Bonchev–Trinajstić information content (AvgIpc) is 2.38. The fourth-order valence-corrected chi connectivity index (χ4v) is 2.56. The van der Waals surface area contributed by atoms with Gasteiger partial charge < -0.3 is 10.6 Å². The van der Waals surface area contributed by atoms with E-state index >= 15 is 0 Å². The Balaban J connectivity index is 2.82. The Morgan fingerprint density at radius 3 is 2.40 bits per heavy atom. The van der Waals surface area contributed by atoms with Gasteiger partial charge in [0.05, 0.1) is 6.42 Å². The molecule has 0 aliphatic heterocycles. The number of hydrogen-bond acceptors (Lipinski definition) is 2. The molecule has 0 aliphatic carbocycles. The van der Waals surface area contributed by atoms with Crippen molar-refractivity contribution >= 4 is 11.6 Å². The highest BCUT2D eigenvalue weighted by atomic mass is 16.2. The minimum absolute atomic E-state index is 0.206. The van der Waals surface area contributed by atoms with E-state index in [0.717, 1.165) is 24.9 Å². The first-order valence-electron chi connectivity index (χ1n) is 7.61. The molecule has 3 nitrogen and oxygen atoms in total. The summed E-state index contributed by atoms with van der Waals surface area (Å²) in [6.07, 6.45) is 2.45. The lowest BCUT2D eigenvalue weighted by atomic mass is 10.0. The van der Waals surface area contributed by atoms with Gasteiger partial charge in [0.2, 0.25) is 5.91 Å². The van der Waals surface area contributed by atoms with Gasteiger partial charge in [0.25, 0.3) is 0 Å². The predicted octanol–water partition coefficient (Wildman–Crippen LogP) is 3.48. The fourth-order valence-electron chi connectivity index (χ4n) is 2.56. The highest BCUT2D eigenvalue weighted by Gasteiger charge is 2.21. The van der Waals surface area contributed by atoms with E-state index in [9.17, 15) is 4.79 Å². The van der Waals surface area contributed by atoms with E-state index in [4.69, 9.17) is 5.73 Å². The van der Waals surface area contributed by atoms with Crippen molar-refractivity contribution in [3.63, 3.8) is 0 Å². The lowest BCUT2D eigenvalue weighted by molar-refractivity contribution is -0.133. The lowest BCUT2D eigenvalue weighted by Gasteiger charge is -2.32. The fraction of sp³-hybridized carbons (Fsp3) is 0.588. The molecule has 0 bridgehead atoms. The molecule has 0 spiro atoms. The molecule has 0 saturated carbocycles. The standard InChI is InChI=1S/C17H28N2O/c1-5-16(6-2)19(12-13(3)4)17(20)11-14-8-7-9-15(18)10-14/h7-10,13,16H,5-6,11-12,18H2,1-4H3. The van der Waals surface area contributed by atoms with Gasteiger partial charge in [-0.15, -0.1) is 0 Å². The molecule has 1 aromatic rings. The van der Waals surface area contributed by atoms with Gasteiger partial charge in [0, 0.05) is 18.3 Å². The van der Waals surface area contributed by atoms with Crippen molar-refractivity contribution in [2.24, 2.45) is 5.92 Å². The third-order valence-corrected chi connectivity index (χ3v) is 3.57. The second-order valence-electron chi connectivity index (χ2n) is 5.83. The maximum Gasteiger partial charge on any atom is 0.227 e. The van der Waals surface area contributed by atoms with Crippen molar-refractivity contribution < 1.29 is 4.79 Å². The molecular formula is C17H28N2O. The summed E-state index contributed by atoms with van der Waals surface area (Å²) in [7, 11) is 0. The molecule has 0 fully saturated rings. The largest absolute Gasteiger partial charge is 0.399 e. The van der Waals surface area contributed by atoms with Crippen LogP contribution < -0.4 is 5.73 Å². The summed E-state index contributed by atoms with van der Waals surface area (Å²) in [6.45, 7) is 9.43. The molecule has 0 aromatic heterocycles. The van der Waals surface area contributed by atoms with Gasteiger partial charge in [-0.1, -0.05) is 39.8 Å². The Morgan fingerprint density at radius 1 is 1.25 bits per heavy atom. The molecule has 0 unspecified atom stereocenters. The summed E-state index contributed by atoms with van der Waals surface area (Å²) in [4.78, 5) is 14.7. The topological polar surface area (TPSA) is 46.3 Å². The van der Waals surface area contributed by atoms with Crippen LogP contribution in [0.5, 0.6) is 0 Å². The summed E-state index contributed by atoms with van der Waals surface area (Å²) < 4.78 is 0. The molecule has 112 valence electrons. The van der Waals surface area contributed by atoms with Crippen LogP contribution in [0.4, 0.5) is 5.69 Å². The Hall–Kier alpha value is -1.51. The van der Waals surface area contributed by atoms with E-state index in [0.29, 0.717) is 24.1 Å². The molecule has 0 atom stereocenters. The number of benzene rings is 1. The van der Waals surface area contributed by atoms with Crippen molar-refractivity contribution in [3.8, 4) is 0 Å². The SMILES string of the molecule is CCC(CC)N(CC(C)C)C(=O)Cc1cccc(N)c1. The highest BCUT2D eigenvalue weighted by molar-refractivity contribution is 5.79. The molecule has 20 heavy (non-hydrogen) atoms. The van der Waals surface area contributed by atoms with Gasteiger partial charge in [-0.2, -0.15) is 0 Å². The van der Waals surface area contributed by atoms with Crippen LogP contribution in [0.1, 0.15) is 46.1 Å². The number of hydrogen-bond donors (Lipinski definition) is 1. The normalized spacial score (nSPS) is 11.1. The maximum atomic E-state index is 12.6. The lowest BCUT2D eigenvalue weighted by Crippen LogP contribution is -2.42. The summed E-state index contributed by atoms with van der Waals surface area (Å²) in [6, 6.07) is 7.95. The van der Waals surface area contributed by atoms with Crippen molar-refractivity contribution in [1.29, 1.82) is 0 Å². The van der Waals surface area contributed by atoms with E-state index in [-0.39, 0.29) is 5.91 Å². The zero-order valence-corrected chi connectivity index (χ0v) is 13.2. The Kier molecular flexibility index (Phi) is 6.56. The number of carbonyl (C=O) groups is 1. The van der Waals surface area contributed by atoms with Gasteiger partial charge >= 0.3 is 0 Å². The quantitative estimate of drug-likeness (QED) is 0.775. The van der Waals surface area contributed by atoms with Crippen LogP contribution in [0.15, 0.2) is 24.3 Å². The molecule has 2 N–H and O–H groups in total. The molecule has 1 amide bonds. The van der Waals surface area contributed by atoms with E-state index in [1.807, 2.05) is 29.2 Å². The van der Waals surface area contributed by atoms with Crippen molar-refractivity contribution in [2.75, 3.05) is 12.3 Å². The van der Waals surface area contributed by atoms with Gasteiger partial charge in [-0.05, 0) is 36.5 Å². The van der Waals surface area contributed by atoms with Crippen LogP contribution in [0, 0.1) is 5.92 Å². The number of carbonyl (C=O) groups excluding carboxylic acids is 1. The molecule has 1 rings (SSSR count). The third kappa shape index (κ3) is 4.87. The molecule has 0 saturated heterocycles. The Bertz CT molecular complexity index is 425. The van der Waals surface area contributed by atoms with Crippen LogP contribution >= 0.6 is 0 Å². The van der Waals surface area contributed by atoms with Crippen molar-refractivity contribution in [1.82, 2.24) is 4.90 Å². The molecule has 0 aliphatic rings. The first kappa shape index (κ1) is 16.5. The highest BCUT2D eigenvalue weighted by Crippen LogP contribution is 2.15. The minimum Gasteiger partial charge on any atom is -0.399 e.